The standard InChI is InChI=1S/C8H14N2O/c1-6(2)9-8(11)10-7-4-3-5-7/h7H,1,3-5H2,2H3,(H2,9,10,11). The van der Waals surface area contributed by atoms with Crippen LogP contribution in [-0.4, -0.2) is 12.1 Å². The molecule has 0 saturated heterocycles. The molecule has 1 rings (SSSR count). The van der Waals surface area contributed by atoms with Crippen LogP contribution in [0.1, 0.15) is 26.2 Å². The fourth-order valence-electron chi connectivity index (χ4n) is 0.968. The summed E-state index contributed by atoms with van der Waals surface area (Å²) in [6.07, 6.45) is 3.46. The normalized spacial score (nSPS) is 16.8. The average Bonchev–Trinajstić information content (AvgIpc) is 1.77. The van der Waals surface area contributed by atoms with E-state index in [2.05, 4.69) is 17.2 Å². The van der Waals surface area contributed by atoms with Gasteiger partial charge < -0.3 is 10.6 Å². The zero-order chi connectivity index (χ0) is 8.27. The van der Waals surface area contributed by atoms with Crippen molar-refractivity contribution in [1.82, 2.24) is 10.6 Å². The highest BCUT2D eigenvalue weighted by Crippen LogP contribution is 2.17. The third-order valence-electron chi connectivity index (χ3n) is 1.77. The Morgan fingerprint density at radius 1 is 1.55 bits per heavy atom. The Balaban J connectivity index is 2.14. The molecule has 0 unspecified atom stereocenters. The van der Waals surface area contributed by atoms with Gasteiger partial charge in [-0.2, -0.15) is 0 Å². The Kier molecular flexibility index (Phi) is 2.52. The van der Waals surface area contributed by atoms with E-state index in [1.165, 1.54) is 6.42 Å². The van der Waals surface area contributed by atoms with Gasteiger partial charge in [-0.1, -0.05) is 6.58 Å². The summed E-state index contributed by atoms with van der Waals surface area (Å²) >= 11 is 0. The van der Waals surface area contributed by atoms with Crippen molar-refractivity contribution in [1.29, 1.82) is 0 Å². The van der Waals surface area contributed by atoms with Crippen LogP contribution in [0.2, 0.25) is 0 Å². The maximum absolute atomic E-state index is 11.0. The molecule has 1 saturated carbocycles. The topological polar surface area (TPSA) is 41.1 Å². The number of urea groups is 1. The highest BCUT2D eigenvalue weighted by molar-refractivity contribution is 5.75. The van der Waals surface area contributed by atoms with Gasteiger partial charge in [0.05, 0.1) is 0 Å². The van der Waals surface area contributed by atoms with Crippen LogP contribution in [0.5, 0.6) is 0 Å². The van der Waals surface area contributed by atoms with Crippen molar-refractivity contribution >= 4 is 6.03 Å². The summed E-state index contributed by atoms with van der Waals surface area (Å²) in [5.41, 5.74) is 0.682. The minimum Gasteiger partial charge on any atom is -0.335 e. The lowest BCUT2D eigenvalue weighted by Gasteiger charge is -2.26. The predicted octanol–water partition coefficient (Wildman–Crippen LogP) is 1.37. The van der Waals surface area contributed by atoms with Gasteiger partial charge in [0.2, 0.25) is 0 Å². The van der Waals surface area contributed by atoms with Crippen molar-refractivity contribution in [2.45, 2.75) is 32.2 Å². The summed E-state index contributed by atoms with van der Waals surface area (Å²) in [5.74, 6) is 0. The number of carbonyl (C=O) groups is 1. The number of hydrogen-bond donors (Lipinski definition) is 2. The monoisotopic (exact) mass is 154 g/mol. The molecular formula is C8H14N2O. The summed E-state index contributed by atoms with van der Waals surface area (Å²) in [6, 6.07) is 0.275. The van der Waals surface area contributed by atoms with E-state index < -0.39 is 0 Å². The van der Waals surface area contributed by atoms with E-state index in [1.807, 2.05) is 0 Å². The number of hydrogen-bond acceptors (Lipinski definition) is 1. The maximum Gasteiger partial charge on any atom is 0.319 e. The predicted molar refractivity (Wildman–Crippen MR) is 44.1 cm³/mol. The first-order chi connectivity index (χ1) is 5.18. The minimum absolute atomic E-state index is 0.123. The molecule has 2 N–H and O–H groups in total. The highest BCUT2D eigenvalue weighted by Gasteiger charge is 2.18. The van der Waals surface area contributed by atoms with Crippen molar-refractivity contribution < 1.29 is 4.79 Å². The van der Waals surface area contributed by atoms with Gasteiger partial charge in [0.15, 0.2) is 0 Å². The van der Waals surface area contributed by atoms with Crippen LogP contribution in [0.25, 0.3) is 0 Å². The Labute approximate surface area is 66.9 Å². The maximum atomic E-state index is 11.0. The van der Waals surface area contributed by atoms with Crippen molar-refractivity contribution in [2.75, 3.05) is 0 Å². The molecule has 0 aliphatic heterocycles. The molecule has 0 radical (unpaired) electrons. The first kappa shape index (κ1) is 8.11. The highest BCUT2D eigenvalue weighted by atomic mass is 16.2. The van der Waals surface area contributed by atoms with E-state index in [0.717, 1.165) is 12.8 Å². The van der Waals surface area contributed by atoms with E-state index in [1.54, 1.807) is 6.92 Å². The second kappa shape index (κ2) is 3.42. The van der Waals surface area contributed by atoms with Crippen LogP contribution in [0.4, 0.5) is 4.79 Å². The quantitative estimate of drug-likeness (QED) is 0.619. The smallest absolute Gasteiger partial charge is 0.319 e. The van der Waals surface area contributed by atoms with Gasteiger partial charge in [-0.3, -0.25) is 0 Å². The number of carbonyl (C=O) groups excluding carboxylic acids is 1. The molecule has 62 valence electrons. The van der Waals surface area contributed by atoms with E-state index in [-0.39, 0.29) is 6.03 Å². The Hall–Kier alpha value is -0.990. The molecule has 1 fully saturated rings. The van der Waals surface area contributed by atoms with Crippen LogP contribution < -0.4 is 10.6 Å². The van der Waals surface area contributed by atoms with Gasteiger partial charge >= 0.3 is 6.03 Å². The van der Waals surface area contributed by atoms with Crippen LogP contribution in [-0.2, 0) is 0 Å². The number of nitrogens with one attached hydrogen (secondary N) is 2. The molecule has 0 aromatic carbocycles. The second-order valence-electron chi connectivity index (χ2n) is 3.01. The van der Waals surface area contributed by atoms with Crippen LogP contribution in [0, 0.1) is 0 Å². The number of amides is 2. The van der Waals surface area contributed by atoms with E-state index in [4.69, 9.17) is 0 Å². The van der Waals surface area contributed by atoms with Gasteiger partial charge in [-0.05, 0) is 26.2 Å². The van der Waals surface area contributed by atoms with Crippen LogP contribution >= 0.6 is 0 Å². The molecule has 2 amide bonds. The van der Waals surface area contributed by atoms with Crippen molar-refractivity contribution in [3.05, 3.63) is 12.3 Å². The average molecular weight is 154 g/mol. The van der Waals surface area contributed by atoms with Gasteiger partial charge in [0, 0.05) is 11.7 Å². The molecule has 0 aromatic rings. The van der Waals surface area contributed by atoms with E-state index in [9.17, 15) is 4.79 Å². The minimum atomic E-state index is -0.123. The molecule has 1 aliphatic rings. The van der Waals surface area contributed by atoms with Crippen LogP contribution in [0.3, 0.4) is 0 Å². The zero-order valence-corrected chi connectivity index (χ0v) is 6.81. The Bertz CT molecular complexity index is 173. The summed E-state index contributed by atoms with van der Waals surface area (Å²) in [4.78, 5) is 11.0. The van der Waals surface area contributed by atoms with E-state index in [0.29, 0.717) is 11.7 Å². The zero-order valence-electron chi connectivity index (χ0n) is 6.81. The van der Waals surface area contributed by atoms with Crippen molar-refractivity contribution in [2.24, 2.45) is 0 Å². The molecule has 3 heteroatoms. The van der Waals surface area contributed by atoms with Crippen molar-refractivity contribution in [3.8, 4) is 0 Å². The largest absolute Gasteiger partial charge is 0.335 e. The van der Waals surface area contributed by atoms with Crippen molar-refractivity contribution in [3.63, 3.8) is 0 Å². The third kappa shape index (κ3) is 2.62. The molecule has 0 atom stereocenters. The third-order valence-corrected chi connectivity index (χ3v) is 1.77. The first-order valence-electron chi connectivity index (χ1n) is 3.91. The molecule has 1 aliphatic carbocycles. The lowest BCUT2D eigenvalue weighted by atomic mass is 9.93. The number of rotatable bonds is 2. The first-order valence-corrected chi connectivity index (χ1v) is 3.91. The molecule has 0 bridgehead atoms. The summed E-state index contributed by atoms with van der Waals surface area (Å²) in [5, 5.41) is 5.43. The van der Waals surface area contributed by atoms with Gasteiger partial charge in [0.25, 0.3) is 0 Å². The fourth-order valence-corrected chi connectivity index (χ4v) is 0.968. The molecule has 0 aromatic heterocycles. The molecule has 0 spiro atoms. The molecular weight excluding hydrogens is 140 g/mol. The van der Waals surface area contributed by atoms with Gasteiger partial charge in [-0.15, -0.1) is 0 Å². The fraction of sp³-hybridized carbons (Fsp3) is 0.625. The summed E-state index contributed by atoms with van der Waals surface area (Å²) in [6.45, 7) is 5.34. The summed E-state index contributed by atoms with van der Waals surface area (Å²) < 4.78 is 0. The Morgan fingerprint density at radius 3 is 2.55 bits per heavy atom. The lowest BCUT2D eigenvalue weighted by Crippen LogP contribution is -2.44. The van der Waals surface area contributed by atoms with Crippen LogP contribution in [0.15, 0.2) is 12.3 Å². The molecule has 0 heterocycles. The van der Waals surface area contributed by atoms with Gasteiger partial charge in [-0.25, -0.2) is 4.79 Å². The SMILES string of the molecule is C=C(C)NC(=O)NC1CCC1. The van der Waals surface area contributed by atoms with Gasteiger partial charge in [0.1, 0.15) is 0 Å². The van der Waals surface area contributed by atoms with E-state index >= 15 is 0 Å². The molecule has 3 nitrogen and oxygen atoms in total. The number of allylic oxidation sites excluding steroid dienone is 1. The second-order valence-corrected chi connectivity index (χ2v) is 3.01. The lowest BCUT2D eigenvalue weighted by molar-refractivity contribution is 0.231. The molecule has 11 heavy (non-hydrogen) atoms. The summed E-state index contributed by atoms with van der Waals surface area (Å²) in [7, 11) is 0. The Morgan fingerprint density at radius 2 is 2.18 bits per heavy atom.